The molecule has 0 radical (unpaired) electrons. The summed E-state index contributed by atoms with van der Waals surface area (Å²) in [5.41, 5.74) is 8.78. The van der Waals surface area contributed by atoms with Crippen molar-refractivity contribution >= 4 is 22.7 Å². The molecule has 0 bridgehead atoms. The molecule has 0 aliphatic carbocycles. The van der Waals surface area contributed by atoms with Gasteiger partial charge in [0.25, 0.3) is 0 Å². The van der Waals surface area contributed by atoms with Crippen molar-refractivity contribution < 1.29 is 9.59 Å². The van der Waals surface area contributed by atoms with Gasteiger partial charge in [0, 0.05) is 22.3 Å². The molecule has 2 heteroatoms. The van der Waals surface area contributed by atoms with Crippen molar-refractivity contribution in [1.82, 2.24) is 0 Å². The van der Waals surface area contributed by atoms with Crippen molar-refractivity contribution in [3.63, 3.8) is 0 Å². The predicted octanol–water partition coefficient (Wildman–Crippen LogP) is 9.16. The average Bonchev–Trinajstić information content (AvgIpc) is 3.08. The maximum atomic E-state index is 13.1. The lowest BCUT2D eigenvalue weighted by Crippen LogP contribution is -2.03. The highest BCUT2D eigenvalue weighted by Crippen LogP contribution is 2.37. The average molecular weight is 541 g/mol. The van der Waals surface area contributed by atoms with E-state index in [-0.39, 0.29) is 11.6 Å². The molecule has 200 valence electrons. The van der Waals surface area contributed by atoms with Crippen molar-refractivity contribution in [1.29, 1.82) is 0 Å². The molecule has 0 aromatic heterocycles. The van der Waals surface area contributed by atoms with Gasteiger partial charge in [0.05, 0.1) is 0 Å². The third-order valence-corrected chi connectivity index (χ3v) is 7.32. The lowest BCUT2D eigenvalue weighted by atomic mass is 9.85. The minimum Gasteiger partial charge on any atom is -0.289 e. The Morgan fingerprint density at radius 1 is 0.238 bits per heavy atom. The Kier molecular flexibility index (Phi) is 7.78. The number of hydrogen-bond acceptors (Lipinski definition) is 2. The van der Waals surface area contributed by atoms with E-state index in [1.807, 2.05) is 146 Å². The SMILES string of the molecule is O=C(c1ccccc1)c1ccc(C(=C(c2ccccc2)c2ccccc2)c2ccc(C(=O)c3ccccc3)cc2)cc1. The third kappa shape index (κ3) is 5.65. The van der Waals surface area contributed by atoms with Gasteiger partial charge in [0.1, 0.15) is 0 Å². The molecule has 0 atom stereocenters. The van der Waals surface area contributed by atoms with Gasteiger partial charge in [0.15, 0.2) is 11.6 Å². The van der Waals surface area contributed by atoms with Crippen LogP contribution in [0.2, 0.25) is 0 Å². The number of ketones is 2. The number of carbonyl (C=O) groups excluding carboxylic acids is 2. The Bertz CT molecular complexity index is 1700. The molecule has 42 heavy (non-hydrogen) atoms. The summed E-state index contributed by atoms with van der Waals surface area (Å²) in [7, 11) is 0. The summed E-state index contributed by atoms with van der Waals surface area (Å²) < 4.78 is 0. The Balaban J connectivity index is 1.50. The zero-order chi connectivity index (χ0) is 28.7. The number of hydrogen-bond donors (Lipinski definition) is 0. The van der Waals surface area contributed by atoms with Crippen molar-refractivity contribution in [2.75, 3.05) is 0 Å². The highest BCUT2D eigenvalue weighted by atomic mass is 16.1. The fraction of sp³-hybridized carbons (Fsp3) is 0. The lowest BCUT2D eigenvalue weighted by Gasteiger charge is -2.18. The molecule has 0 saturated carbocycles. The summed E-state index contributed by atoms with van der Waals surface area (Å²) >= 11 is 0. The maximum absolute atomic E-state index is 13.1. The van der Waals surface area contributed by atoms with E-state index in [1.165, 1.54) is 0 Å². The first-order valence-electron chi connectivity index (χ1n) is 13.9. The van der Waals surface area contributed by atoms with Gasteiger partial charge >= 0.3 is 0 Å². The first-order valence-corrected chi connectivity index (χ1v) is 13.9. The molecule has 6 aromatic rings. The van der Waals surface area contributed by atoms with Crippen LogP contribution in [0.1, 0.15) is 54.1 Å². The normalized spacial score (nSPS) is 10.6. The number of rotatable bonds is 8. The van der Waals surface area contributed by atoms with Crippen molar-refractivity contribution in [2.45, 2.75) is 0 Å². The standard InChI is InChI=1S/C40H28O2/c41-39(33-17-9-3-10-18-33)35-25-21-31(22-26-35)38(37(29-13-5-1-6-14-29)30-15-7-2-8-16-30)32-23-27-36(28-24-32)40(42)34-19-11-4-12-20-34/h1-28H. The molecule has 2 nitrogen and oxygen atoms in total. The van der Waals surface area contributed by atoms with Crippen LogP contribution >= 0.6 is 0 Å². The van der Waals surface area contributed by atoms with E-state index >= 15 is 0 Å². The van der Waals surface area contributed by atoms with Crippen LogP contribution in [-0.4, -0.2) is 11.6 Å². The second-order valence-corrected chi connectivity index (χ2v) is 10.0. The van der Waals surface area contributed by atoms with Crippen molar-refractivity contribution in [2.24, 2.45) is 0 Å². The Morgan fingerprint density at radius 2 is 0.429 bits per heavy atom. The van der Waals surface area contributed by atoms with Gasteiger partial charge in [-0.05, 0) is 33.4 Å². The van der Waals surface area contributed by atoms with Crippen LogP contribution in [0.5, 0.6) is 0 Å². The summed E-state index contributed by atoms with van der Waals surface area (Å²) in [4.78, 5) is 26.3. The molecule has 0 heterocycles. The second kappa shape index (κ2) is 12.3. The molecular weight excluding hydrogens is 512 g/mol. The van der Waals surface area contributed by atoms with E-state index in [2.05, 4.69) is 24.3 Å². The Hall–Kier alpha value is -5.60. The Labute approximate surface area is 246 Å². The molecule has 6 aromatic carbocycles. The van der Waals surface area contributed by atoms with E-state index < -0.39 is 0 Å². The summed E-state index contributed by atoms with van der Waals surface area (Å²) in [5.74, 6) is -0.0226. The molecule has 6 rings (SSSR count). The first kappa shape index (κ1) is 26.6. The first-order chi connectivity index (χ1) is 20.7. The van der Waals surface area contributed by atoms with E-state index in [1.54, 1.807) is 0 Å². The Morgan fingerprint density at radius 3 is 0.714 bits per heavy atom. The monoisotopic (exact) mass is 540 g/mol. The molecule has 0 N–H and O–H groups in total. The lowest BCUT2D eigenvalue weighted by molar-refractivity contribution is 0.103. The van der Waals surface area contributed by atoms with Gasteiger partial charge in [-0.3, -0.25) is 9.59 Å². The molecule has 0 unspecified atom stereocenters. The van der Waals surface area contributed by atoms with Gasteiger partial charge in [0.2, 0.25) is 0 Å². The summed E-state index contributed by atoms with van der Waals surface area (Å²) in [6, 6.07) is 54.9. The fourth-order valence-corrected chi connectivity index (χ4v) is 5.21. The van der Waals surface area contributed by atoms with Crippen LogP contribution in [0.15, 0.2) is 170 Å². The van der Waals surface area contributed by atoms with Gasteiger partial charge in [-0.15, -0.1) is 0 Å². The van der Waals surface area contributed by atoms with E-state index in [0.717, 1.165) is 33.4 Å². The molecule has 0 saturated heterocycles. The third-order valence-electron chi connectivity index (χ3n) is 7.32. The quantitative estimate of drug-likeness (QED) is 0.142. The second-order valence-electron chi connectivity index (χ2n) is 10.0. The molecule has 0 fully saturated rings. The van der Waals surface area contributed by atoms with E-state index in [4.69, 9.17) is 0 Å². The molecule has 0 amide bonds. The van der Waals surface area contributed by atoms with Crippen LogP contribution in [0, 0.1) is 0 Å². The van der Waals surface area contributed by atoms with Crippen LogP contribution in [-0.2, 0) is 0 Å². The van der Waals surface area contributed by atoms with Crippen molar-refractivity contribution in [3.8, 4) is 0 Å². The van der Waals surface area contributed by atoms with E-state index in [9.17, 15) is 9.59 Å². The zero-order valence-corrected chi connectivity index (χ0v) is 23.0. The number of benzene rings is 6. The minimum atomic E-state index is -0.0113. The minimum absolute atomic E-state index is 0.0113. The predicted molar refractivity (Wildman–Crippen MR) is 171 cm³/mol. The van der Waals surface area contributed by atoms with Crippen LogP contribution in [0.3, 0.4) is 0 Å². The van der Waals surface area contributed by atoms with E-state index in [0.29, 0.717) is 22.3 Å². The highest BCUT2D eigenvalue weighted by Gasteiger charge is 2.18. The van der Waals surface area contributed by atoms with Crippen molar-refractivity contribution in [3.05, 3.63) is 214 Å². The van der Waals surface area contributed by atoms with Crippen LogP contribution in [0.25, 0.3) is 11.1 Å². The molecule has 0 spiro atoms. The van der Waals surface area contributed by atoms with Gasteiger partial charge in [-0.25, -0.2) is 0 Å². The number of carbonyl (C=O) groups is 2. The molecular formula is C40H28O2. The smallest absolute Gasteiger partial charge is 0.193 e. The zero-order valence-electron chi connectivity index (χ0n) is 23.0. The summed E-state index contributed by atoms with van der Waals surface area (Å²) in [6.45, 7) is 0. The molecule has 0 aliphatic rings. The van der Waals surface area contributed by atoms with Gasteiger partial charge in [-0.1, -0.05) is 170 Å². The molecule has 0 aliphatic heterocycles. The summed E-state index contributed by atoms with van der Waals surface area (Å²) in [5, 5.41) is 0. The highest BCUT2D eigenvalue weighted by molar-refractivity contribution is 6.11. The van der Waals surface area contributed by atoms with Gasteiger partial charge < -0.3 is 0 Å². The van der Waals surface area contributed by atoms with Crippen LogP contribution in [0.4, 0.5) is 0 Å². The largest absolute Gasteiger partial charge is 0.289 e. The van der Waals surface area contributed by atoms with Gasteiger partial charge in [-0.2, -0.15) is 0 Å². The fourth-order valence-electron chi connectivity index (χ4n) is 5.21. The topological polar surface area (TPSA) is 34.1 Å². The maximum Gasteiger partial charge on any atom is 0.193 e. The van der Waals surface area contributed by atoms with Crippen LogP contribution < -0.4 is 0 Å². The summed E-state index contributed by atoms with van der Waals surface area (Å²) in [6.07, 6.45) is 0.